The van der Waals surface area contributed by atoms with Gasteiger partial charge in [-0.3, -0.25) is 4.79 Å². The third-order valence-corrected chi connectivity index (χ3v) is 7.05. The van der Waals surface area contributed by atoms with Crippen molar-refractivity contribution in [2.75, 3.05) is 17.2 Å². The number of carbonyl (C=O) groups is 1. The van der Waals surface area contributed by atoms with Crippen molar-refractivity contribution < 1.29 is 9.63 Å². The quantitative estimate of drug-likeness (QED) is 0.494. The number of nitrogens with two attached hydrogens (primary N) is 1. The van der Waals surface area contributed by atoms with Crippen LogP contribution in [-0.4, -0.2) is 23.0 Å². The summed E-state index contributed by atoms with van der Waals surface area (Å²) in [7, 11) is 0. The summed E-state index contributed by atoms with van der Waals surface area (Å²) < 4.78 is 0. The van der Waals surface area contributed by atoms with Gasteiger partial charge >= 0.3 is 0 Å². The van der Waals surface area contributed by atoms with Gasteiger partial charge in [-0.05, 0) is 54.7 Å². The Morgan fingerprint density at radius 1 is 1.25 bits per heavy atom. The van der Waals surface area contributed by atoms with Crippen molar-refractivity contribution in [1.82, 2.24) is 0 Å². The van der Waals surface area contributed by atoms with Gasteiger partial charge in [0.15, 0.2) is 11.4 Å². The summed E-state index contributed by atoms with van der Waals surface area (Å²) >= 11 is 14.1. The molecule has 2 heterocycles. The second kappa shape index (κ2) is 7.62. The van der Waals surface area contributed by atoms with Crippen molar-refractivity contribution in [3.8, 4) is 0 Å². The maximum Gasteiger partial charge on any atom is 0.165 e. The van der Waals surface area contributed by atoms with Crippen LogP contribution in [0.1, 0.15) is 41.3 Å². The summed E-state index contributed by atoms with van der Waals surface area (Å²) in [5, 5.41) is 5.38. The van der Waals surface area contributed by atoms with Crippen LogP contribution in [0.15, 0.2) is 41.6 Å². The first kappa shape index (κ1) is 19.6. The number of carbonyl (C=O) groups excluding carboxylic acids is 1. The number of nitrogens with zero attached hydrogens (tertiary/aromatic N) is 1. The zero-order chi connectivity index (χ0) is 19.9. The lowest BCUT2D eigenvalue weighted by Crippen LogP contribution is -2.22. The SMILES string of the molecule is CC1(c2cc(Cl)cc(Cl)c2)CC(c2ccc(C(=O)CC3CSC3)c(N)c2)=NO1. The molecule has 0 spiro atoms. The number of hydrogen-bond donors (Lipinski definition) is 1. The summed E-state index contributed by atoms with van der Waals surface area (Å²) in [6.45, 7) is 1.95. The third-order valence-electron chi connectivity index (χ3n) is 5.20. The molecule has 2 N–H and O–H groups in total. The highest BCUT2D eigenvalue weighted by Crippen LogP contribution is 2.38. The molecule has 1 saturated heterocycles. The van der Waals surface area contributed by atoms with Crippen LogP contribution in [0, 0.1) is 5.92 Å². The van der Waals surface area contributed by atoms with E-state index in [2.05, 4.69) is 5.16 Å². The number of anilines is 1. The first-order valence-corrected chi connectivity index (χ1v) is 11.0. The average molecular weight is 435 g/mol. The van der Waals surface area contributed by atoms with E-state index < -0.39 is 5.60 Å². The van der Waals surface area contributed by atoms with Crippen molar-refractivity contribution in [2.24, 2.45) is 11.1 Å². The van der Waals surface area contributed by atoms with Gasteiger partial charge in [0.05, 0.1) is 5.71 Å². The monoisotopic (exact) mass is 434 g/mol. The summed E-state index contributed by atoms with van der Waals surface area (Å²) in [5.41, 5.74) is 9.09. The zero-order valence-electron chi connectivity index (χ0n) is 15.4. The molecular weight excluding hydrogens is 415 g/mol. The number of ketones is 1. The molecule has 28 heavy (non-hydrogen) atoms. The maximum absolute atomic E-state index is 12.5. The predicted octanol–water partition coefficient (Wildman–Crippen LogP) is 5.55. The van der Waals surface area contributed by atoms with Gasteiger partial charge in [-0.15, -0.1) is 0 Å². The molecule has 1 atom stereocenters. The minimum atomic E-state index is -0.658. The van der Waals surface area contributed by atoms with Gasteiger partial charge in [-0.1, -0.05) is 34.4 Å². The van der Waals surface area contributed by atoms with Crippen molar-refractivity contribution in [1.29, 1.82) is 0 Å². The molecule has 4 rings (SSSR count). The zero-order valence-corrected chi connectivity index (χ0v) is 17.7. The minimum Gasteiger partial charge on any atom is -0.398 e. The van der Waals surface area contributed by atoms with Crippen LogP contribution in [0.3, 0.4) is 0 Å². The summed E-state index contributed by atoms with van der Waals surface area (Å²) in [4.78, 5) is 18.2. The fourth-order valence-electron chi connectivity index (χ4n) is 3.48. The Kier molecular flexibility index (Phi) is 5.34. The highest BCUT2D eigenvalue weighted by atomic mass is 35.5. The number of oxime groups is 1. The second-order valence-electron chi connectivity index (χ2n) is 7.53. The smallest absolute Gasteiger partial charge is 0.165 e. The van der Waals surface area contributed by atoms with Crippen LogP contribution in [0.4, 0.5) is 5.69 Å². The fourth-order valence-corrected chi connectivity index (χ4v) is 4.81. The molecule has 2 aliphatic heterocycles. The van der Waals surface area contributed by atoms with Crippen molar-refractivity contribution in [3.63, 3.8) is 0 Å². The third kappa shape index (κ3) is 3.88. The van der Waals surface area contributed by atoms with Crippen LogP contribution in [0.5, 0.6) is 0 Å². The van der Waals surface area contributed by atoms with Gasteiger partial charge in [-0.25, -0.2) is 0 Å². The van der Waals surface area contributed by atoms with Crippen molar-refractivity contribution >= 4 is 52.1 Å². The second-order valence-corrected chi connectivity index (χ2v) is 9.48. The Bertz CT molecular complexity index is 955. The van der Waals surface area contributed by atoms with Crippen LogP contribution in [-0.2, 0) is 10.4 Å². The highest BCUT2D eigenvalue weighted by Gasteiger charge is 2.37. The number of thioether (sulfide) groups is 1. The topological polar surface area (TPSA) is 64.7 Å². The van der Waals surface area contributed by atoms with E-state index in [0.717, 1.165) is 28.3 Å². The Morgan fingerprint density at radius 2 is 1.96 bits per heavy atom. The van der Waals surface area contributed by atoms with Gasteiger partial charge in [0.2, 0.25) is 0 Å². The van der Waals surface area contributed by atoms with Crippen LogP contribution < -0.4 is 5.73 Å². The largest absolute Gasteiger partial charge is 0.398 e. The molecule has 0 aromatic heterocycles. The fraction of sp³-hybridized carbons (Fsp3) is 0.333. The molecule has 4 nitrogen and oxygen atoms in total. The lowest BCUT2D eigenvalue weighted by molar-refractivity contribution is -0.00737. The first-order valence-electron chi connectivity index (χ1n) is 9.06. The van der Waals surface area contributed by atoms with E-state index >= 15 is 0 Å². The molecule has 0 aliphatic carbocycles. The molecule has 0 radical (unpaired) electrons. The first-order chi connectivity index (χ1) is 13.3. The van der Waals surface area contributed by atoms with Gasteiger partial charge in [0.25, 0.3) is 0 Å². The Morgan fingerprint density at radius 3 is 2.57 bits per heavy atom. The number of rotatable bonds is 5. The molecule has 7 heteroatoms. The van der Waals surface area contributed by atoms with Gasteiger partial charge in [0.1, 0.15) is 0 Å². The van der Waals surface area contributed by atoms with Crippen molar-refractivity contribution in [2.45, 2.75) is 25.4 Å². The Hall–Kier alpha value is -1.69. The summed E-state index contributed by atoms with van der Waals surface area (Å²) in [6, 6.07) is 10.8. The number of benzene rings is 2. The van der Waals surface area contributed by atoms with Gasteiger partial charge < -0.3 is 10.6 Å². The summed E-state index contributed by atoms with van der Waals surface area (Å²) in [6.07, 6.45) is 1.11. The molecule has 2 aliphatic rings. The van der Waals surface area contributed by atoms with E-state index in [4.69, 9.17) is 33.8 Å². The minimum absolute atomic E-state index is 0.109. The molecule has 0 bridgehead atoms. The normalized spacial score (nSPS) is 21.8. The molecule has 146 valence electrons. The van der Waals surface area contributed by atoms with E-state index in [-0.39, 0.29) is 5.78 Å². The molecule has 1 fully saturated rings. The van der Waals surface area contributed by atoms with Crippen LogP contribution in [0.25, 0.3) is 0 Å². The lowest BCUT2D eigenvalue weighted by atomic mass is 9.88. The molecule has 0 saturated carbocycles. The molecule has 0 amide bonds. The van der Waals surface area contributed by atoms with Gasteiger partial charge in [0, 0.05) is 45.3 Å². The van der Waals surface area contributed by atoms with E-state index in [0.29, 0.717) is 40.1 Å². The molecular formula is C21H20Cl2N2O2S. The van der Waals surface area contributed by atoms with Crippen LogP contribution in [0.2, 0.25) is 10.0 Å². The predicted molar refractivity (Wildman–Crippen MR) is 117 cm³/mol. The van der Waals surface area contributed by atoms with E-state index in [9.17, 15) is 4.79 Å². The van der Waals surface area contributed by atoms with Crippen LogP contribution >= 0.6 is 35.0 Å². The summed E-state index contributed by atoms with van der Waals surface area (Å²) in [5.74, 6) is 2.71. The lowest BCUT2D eigenvalue weighted by Gasteiger charge is -2.24. The number of Topliss-reactive ketones (excluding diaryl/α,β-unsaturated/α-hetero) is 1. The van der Waals surface area contributed by atoms with E-state index in [1.165, 1.54) is 0 Å². The molecule has 2 aromatic carbocycles. The highest BCUT2D eigenvalue weighted by molar-refractivity contribution is 8.00. The van der Waals surface area contributed by atoms with E-state index in [1.807, 2.05) is 43.0 Å². The van der Waals surface area contributed by atoms with E-state index in [1.54, 1.807) is 12.1 Å². The average Bonchev–Trinajstić information content (AvgIpc) is 3.01. The standard InChI is InChI=1S/C21H20Cl2N2O2S/c1-21(14-6-15(22)8-16(23)7-14)9-19(25-27-21)13-2-3-17(18(24)5-13)20(26)4-12-10-28-11-12/h2-3,5-8,12H,4,9-11,24H2,1H3. The molecule has 2 aromatic rings. The Balaban J connectivity index is 1.52. The maximum atomic E-state index is 12.5. The number of nitrogen functional groups attached to an aromatic ring is 1. The Labute approximate surface area is 178 Å². The molecule has 1 unspecified atom stereocenters. The van der Waals surface area contributed by atoms with Crippen molar-refractivity contribution in [3.05, 3.63) is 63.1 Å². The number of halogens is 2. The number of hydrogen-bond acceptors (Lipinski definition) is 5. The van der Waals surface area contributed by atoms with Gasteiger partial charge in [-0.2, -0.15) is 11.8 Å².